The molecule has 5 atom stereocenters. The zero-order valence-corrected chi connectivity index (χ0v) is 17.5. The van der Waals surface area contributed by atoms with Crippen LogP contribution in [0.5, 0.6) is 28.7 Å². The number of methoxy groups -OCH3 is 1. The number of hydrogen-bond acceptors (Lipinski definition) is 11. The molecule has 0 amide bonds. The van der Waals surface area contributed by atoms with E-state index in [1.54, 1.807) is 0 Å². The van der Waals surface area contributed by atoms with Crippen molar-refractivity contribution in [3.8, 4) is 40.1 Å². The first kappa shape index (κ1) is 22.7. The monoisotopic (exact) mass is 462 g/mol. The van der Waals surface area contributed by atoms with E-state index in [2.05, 4.69) is 0 Å². The Morgan fingerprint density at radius 3 is 2.27 bits per heavy atom. The van der Waals surface area contributed by atoms with Crippen LogP contribution >= 0.6 is 0 Å². The Hall–Kier alpha value is -3.51. The Morgan fingerprint density at radius 2 is 1.64 bits per heavy atom. The second-order valence-corrected chi connectivity index (χ2v) is 7.61. The van der Waals surface area contributed by atoms with Crippen LogP contribution in [-0.2, 0) is 9.47 Å². The first-order valence-electron chi connectivity index (χ1n) is 9.89. The molecule has 5 unspecified atom stereocenters. The highest BCUT2D eigenvalue weighted by molar-refractivity contribution is 5.87. The molecule has 0 aliphatic carbocycles. The van der Waals surface area contributed by atoms with Gasteiger partial charge in [-0.2, -0.15) is 0 Å². The minimum Gasteiger partial charge on any atom is -0.507 e. The zero-order chi connectivity index (χ0) is 24.0. The van der Waals surface area contributed by atoms with Crippen LogP contribution in [0.3, 0.4) is 0 Å². The van der Waals surface area contributed by atoms with Crippen LogP contribution in [0.4, 0.5) is 0 Å². The van der Waals surface area contributed by atoms with Gasteiger partial charge in [0.1, 0.15) is 35.0 Å². The van der Waals surface area contributed by atoms with Crippen molar-refractivity contribution < 1.29 is 49.3 Å². The van der Waals surface area contributed by atoms with Crippen LogP contribution in [0.2, 0.25) is 0 Å². The van der Waals surface area contributed by atoms with Crippen LogP contribution < -0.4 is 10.2 Å². The fourth-order valence-electron chi connectivity index (χ4n) is 3.73. The van der Waals surface area contributed by atoms with Crippen LogP contribution in [-0.4, -0.2) is 68.5 Å². The molecule has 11 heteroatoms. The third-order valence-electron chi connectivity index (χ3n) is 5.48. The number of hydrogen-bond donors (Lipinski definition) is 6. The average Bonchev–Trinajstić information content (AvgIpc) is 2.77. The molecule has 1 aliphatic heterocycles. The molecule has 2 aromatic carbocycles. The second kappa shape index (κ2) is 8.45. The molecule has 3 aromatic rings. The zero-order valence-electron chi connectivity index (χ0n) is 17.5. The minimum atomic E-state index is -1.52. The maximum Gasteiger partial charge on any atom is 0.239 e. The van der Waals surface area contributed by atoms with Crippen molar-refractivity contribution in [2.45, 2.75) is 37.6 Å². The van der Waals surface area contributed by atoms with Crippen molar-refractivity contribution in [2.75, 3.05) is 7.11 Å². The molecule has 1 aromatic heterocycles. The summed E-state index contributed by atoms with van der Waals surface area (Å²) in [4.78, 5) is 13.3. The molecular weight excluding hydrogens is 440 g/mol. The molecule has 176 valence electrons. The lowest BCUT2D eigenvalue weighted by atomic mass is 9.99. The van der Waals surface area contributed by atoms with Gasteiger partial charge in [0.05, 0.1) is 6.10 Å². The van der Waals surface area contributed by atoms with Gasteiger partial charge in [-0.25, -0.2) is 0 Å². The van der Waals surface area contributed by atoms with Gasteiger partial charge in [0.25, 0.3) is 0 Å². The van der Waals surface area contributed by atoms with E-state index in [-0.39, 0.29) is 22.3 Å². The van der Waals surface area contributed by atoms with Gasteiger partial charge >= 0.3 is 0 Å². The fourth-order valence-corrected chi connectivity index (χ4v) is 3.73. The smallest absolute Gasteiger partial charge is 0.239 e. The molecular formula is C22H22O11. The Morgan fingerprint density at radius 1 is 0.970 bits per heavy atom. The Bertz CT molecular complexity index is 1230. The molecule has 0 saturated carbocycles. The van der Waals surface area contributed by atoms with Gasteiger partial charge < -0.3 is 49.3 Å². The predicted molar refractivity (Wildman–Crippen MR) is 112 cm³/mol. The molecule has 0 bridgehead atoms. The number of phenolic OH excluding ortho intramolecular Hbond substituents is 4. The first-order chi connectivity index (χ1) is 15.6. The van der Waals surface area contributed by atoms with Gasteiger partial charge in [0.15, 0.2) is 23.0 Å². The number of rotatable bonds is 4. The topological polar surface area (TPSA) is 179 Å². The van der Waals surface area contributed by atoms with E-state index in [0.717, 1.165) is 12.1 Å². The van der Waals surface area contributed by atoms with E-state index in [1.165, 1.54) is 32.2 Å². The summed E-state index contributed by atoms with van der Waals surface area (Å²) in [5.41, 5.74) is -0.917. The van der Waals surface area contributed by atoms with Gasteiger partial charge in [-0.15, -0.1) is 0 Å². The lowest BCUT2D eigenvalue weighted by molar-refractivity contribution is -0.273. The van der Waals surface area contributed by atoms with Crippen molar-refractivity contribution in [3.63, 3.8) is 0 Å². The summed E-state index contributed by atoms with van der Waals surface area (Å²) in [7, 11) is 1.28. The standard InChI is InChI=1S/C22H22O11/c1-8-15(26)20(30-2)18(29)22(31-8)33-21-17(28)14-10(23)4-3-5-13(14)32-19(21)9-6-11(24)16(27)12(25)7-9/h3-8,15,18,20,22-27,29H,1-2H3. The Labute approximate surface area is 186 Å². The molecule has 0 spiro atoms. The average molecular weight is 462 g/mol. The van der Waals surface area contributed by atoms with Crippen LogP contribution in [0, 0.1) is 0 Å². The van der Waals surface area contributed by atoms with Crippen LogP contribution in [0.25, 0.3) is 22.3 Å². The predicted octanol–water partition coefficient (Wildman–Crippen LogP) is 1.14. The third kappa shape index (κ3) is 3.80. The summed E-state index contributed by atoms with van der Waals surface area (Å²) in [5.74, 6) is -3.36. The third-order valence-corrected chi connectivity index (χ3v) is 5.48. The van der Waals surface area contributed by atoms with Crippen LogP contribution in [0.15, 0.2) is 39.5 Å². The summed E-state index contributed by atoms with van der Waals surface area (Å²) in [6.45, 7) is 1.52. The summed E-state index contributed by atoms with van der Waals surface area (Å²) in [6, 6.07) is 6.17. The Kier molecular flexibility index (Phi) is 5.80. The quantitative estimate of drug-likeness (QED) is 0.306. The Balaban J connectivity index is 1.91. The van der Waals surface area contributed by atoms with Gasteiger partial charge in [-0.3, -0.25) is 4.79 Å². The highest BCUT2D eigenvalue weighted by Gasteiger charge is 2.45. The highest BCUT2D eigenvalue weighted by atomic mass is 16.7. The lowest BCUT2D eigenvalue weighted by Crippen LogP contribution is -2.59. The number of ether oxygens (including phenoxy) is 3. The van der Waals surface area contributed by atoms with E-state index >= 15 is 0 Å². The van der Waals surface area contributed by atoms with Crippen molar-refractivity contribution in [2.24, 2.45) is 0 Å². The SMILES string of the molecule is COC1C(O)C(C)OC(Oc2c(-c3cc(O)c(O)c(O)c3)oc3cccc(O)c3c2=O)C1O. The van der Waals surface area contributed by atoms with Crippen LogP contribution in [0.1, 0.15) is 6.92 Å². The van der Waals surface area contributed by atoms with E-state index in [9.17, 15) is 35.4 Å². The number of phenols is 4. The van der Waals surface area contributed by atoms with Gasteiger partial charge in [0, 0.05) is 12.7 Å². The molecule has 1 saturated heterocycles. The maximum absolute atomic E-state index is 13.3. The summed E-state index contributed by atoms with van der Waals surface area (Å²) in [5, 5.41) is 60.3. The van der Waals surface area contributed by atoms with Gasteiger partial charge in [-0.05, 0) is 31.2 Å². The summed E-state index contributed by atoms with van der Waals surface area (Å²) in [6.07, 6.45) is -6.11. The van der Waals surface area contributed by atoms with Crippen molar-refractivity contribution in [1.29, 1.82) is 0 Å². The molecule has 6 N–H and O–H groups in total. The molecule has 0 radical (unpaired) electrons. The molecule has 4 rings (SSSR count). The number of aromatic hydroxyl groups is 4. The molecule has 11 nitrogen and oxygen atoms in total. The molecule has 1 aliphatic rings. The van der Waals surface area contributed by atoms with E-state index < -0.39 is 64.9 Å². The maximum atomic E-state index is 13.3. The first-order valence-corrected chi connectivity index (χ1v) is 9.89. The van der Waals surface area contributed by atoms with Crippen molar-refractivity contribution >= 4 is 11.0 Å². The van der Waals surface area contributed by atoms with E-state index in [0.29, 0.717) is 0 Å². The van der Waals surface area contributed by atoms with Gasteiger partial charge in [-0.1, -0.05) is 6.07 Å². The minimum absolute atomic E-state index is 0.0296. The highest BCUT2D eigenvalue weighted by Crippen LogP contribution is 2.42. The van der Waals surface area contributed by atoms with Crippen molar-refractivity contribution in [1.82, 2.24) is 0 Å². The molecule has 2 heterocycles. The van der Waals surface area contributed by atoms with Crippen molar-refractivity contribution in [3.05, 3.63) is 40.6 Å². The van der Waals surface area contributed by atoms with Gasteiger partial charge in [0.2, 0.25) is 17.5 Å². The lowest BCUT2D eigenvalue weighted by Gasteiger charge is -2.40. The number of aliphatic hydroxyl groups is 2. The number of benzene rings is 2. The summed E-state index contributed by atoms with van der Waals surface area (Å²) < 4.78 is 22.1. The van der Waals surface area contributed by atoms with E-state index in [4.69, 9.17) is 18.6 Å². The normalized spacial score (nSPS) is 25.3. The molecule has 1 fully saturated rings. The van der Waals surface area contributed by atoms with E-state index in [1.807, 2.05) is 0 Å². The fraction of sp³-hybridized carbons (Fsp3) is 0.318. The number of fused-ring (bicyclic) bond motifs is 1. The largest absolute Gasteiger partial charge is 0.507 e. The number of aliphatic hydroxyl groups excluding tert-OH is 2. The summed E-state index contributed by atoms with van der Waals surface area (Å²) >= 11 is 0. The molecule has 33 heavy (non-hydrogen) atoms. The second-order valence-electron chi connectivity index (χ2n) is 7.61.